The molecule has 0 spiro atoms. The summed E-state index contributed by atoms with van der Waals surface area (Å²) in [5, 5.41) is 0. The molecule has 0 saturated heterocycles. The normalized spacial score (nSPS) is 10.5. The first-order valence-electron chi connectivity index (χ1n) is 5.33. The maximum absolute atomic E-state index is 8.52. The van der Waals surface area contributed by atoms with E-state index in [0.717, 1.165) is 0 Å². The molecule has 0 aliphatic heterocycles. The van der Waals surface area contributed by atoms with E-state index in [2.05, 4.69) is 0 Å². The topological polar surface area (TPSA) is 642 Å². The minimum atomic E-state index is -5.17. The second-order valence-corrected chi connectivity index (χ2v) is 9.80. The van der Waals surface area contributed by atoms with Crippen LogP contribution >= 0.6 is 0 Å². The third kappa shape index (κ3) is 27200. The smallest absolute Gasteiger partial charge is 0.759 e. The van der Waals surface area contributed by atoms with E-state index in [1.807, 2.05) is 0 Å². The number of hydrogen-bond donors (Lipinski definition) is 0. The van der Waals surface area contributed by atoms with Gasteiger partial charge in [0.15, 0.2) is 0 Å². The molecule has 0 saturated carbocycles. The number of hydrogen-bond acceptors (Lipinski definition) is 32. The minimum Gasteiger partial charge on any atom is -0.759 e. The Morgan fingerprint density at radius 2 is 0.159 bits per heavy atom. The van der Waals surface area contributed by atoms with Gasteiger partial charge in [0.05, 0.1) is 0 Å². The van der Waals surface area contributed by atoms with Crippen LogP contribution in [0.25, 0.3) is 0 Å². The second-order valence-electron chi connectivity index (χ2n) is 3.27. The van der Waals surface area contributed by atoms with E-state index in [1.165, 1.54) is 0 Å². The Kier molecular flexibility index (Phi) is 63.2. The van der Waals surface area contributed by atoms with Gasteiger partial charge in [-0.05, 0) is 0 Å². The Labute approximate surface area is 304 Å². The summed E-state index contributed by atoms with van der Waals surface area (Å²) in [7, 11) is -41.3. The van der Waals surface area contributed by atoms with Crippen molar-refractivity contribution in [2.45, 2.75) is 0 Å². The molecule has 0 aliphatic rings. The van der Waals surface area contributed by atoms with Crippen LogP contribution in [0.5, 0.6) is 0 Å². The first-order chi connectivity index (χ1) is 16.0. The van der Waals surface area contributed by atoms with Crippen molar-refractivity contribution in [3.63, 3.8) is 0 Å². The van der Waals surface area contributed by atoms with E-state index in [0.29, 0.717) is 0 Å². The fraction of sp³-hybridized carbons (Fsp3) is 0. The van der Waals surface area contributed by atoms with Crippen molar-refractivity contribution in [1.29, 1.82) is 0 Å². The average Bonchev–Trinajstić information content (AvgIpc) is 2.16. The third-order valence-corrected chi connectivity index (χ3v) is 0. The van der Waals surface area contributed by atoms with Gasteiger partial charge in [-0.25, -0.2) is 0 Å². The van der Waals surface area contributed by atoms with Crippen molar-refractivity contribution < 1.29 is 224 Å². The molecule has 0 rings (SSSR count). The molecule has 264 valence electrons. The van der Waals surface area contributed by atoms with Crippen molar-refractivity contribution in [3.05, 3.63) is 0 Å². The van der Waals surface area contributed by atoms with Crippen LogP contribution in [-0.2, 0) is 167 Å². The summed E-state index contributed by atoms with van der Waals surface area (Å²) in [4.78, 5) is 0. The summed E-state index contributed by atoms with van der Waals surface area (Å²) < 4.78 is 273. The molecular weight excluding hydrogens is 1150 g/mol. The first kappa shape index (κ1) is 80.4. The molecule has 0 atom stereocenters. The molecule has 0 unspecified atom stereocenters. The van der Waals surface area contributed by atoms with Crippen LogP contribution in [0.2, 0.25) is 0 Å². The molecule has 0 aromatic rings. The van der Waals surface area contributed by atoms with Gasteiger partial charge in [-0.2, -0.15) is 0 Å². The summed E-state index contributed by atoms with van der Waals surface area (Å²) in [6, 6.07) is 0. The molecule has 0 radical (unpaired) electrons. The van der Waals surface area contributed by atoms with Crippen molar-refractivity contribution in [1.82, 2.24) is 0 Å². The van der Waals surface area contributed by atoms with E-state index < -0.39 is 83.2 Å². The number of rotatable bonds is 0. The molecule has 0 aromatic carbocycles. The van der Waals surface area contributed by atoms with Gasteiger partial charge in [-0.15, -0.1) is 0 Å². The van der Waals surface area contributed by atoms with Crippen LogP contribution in [0.3, 0.4) is 0 Å². The van der Waals surface area contributed by atoms with Crippen molar-refractivity contribution in [3.8, 4) is 0 Å². The van der Waals surface area contributed by atoms with Crippen molar-refractivity contribution >= 4 is 83.2 Å². The van der Waals surface area contributed by atoms with Gasteiger partial charge >= 0.3 is 84.3 Å². The van der Waals surface area contributed by atoms with E-state index in [9.17, 15) is 0 Å². The molecular formula is Mo4O32S8. The van der Waals surface area contributed by atoms with E-state index >= 15 is 0 Å². The van der Waals surface area contributed by atoms with Gasteiger partial charge in [0, 0.05) is 83.2 Å². The fourth-order valence-electron chi connectivity index (χ4n) is 0. The Balaban J connectivity index is -0.0000000263. The molecule has 0 heterocycles. The standard InChI is InChI=1S/4Mo.8H2O4S/c;;;;8*1-5(2,3)4/h;;;;8*(H2,1,2,3,4)/q4*+4;;;;;;;;/p-16. The quantitative estimate of drug-likeness (QED) is 0.123. The van der Waals surface area contributed by atoms with E-state index in [-0.39, 0.29) is 84.3 Å². The second kappa shape index (κ2) is 34.6. The maximum Gasteiger partial charge on any atom is 4.00 e. The Morgan fingerprint density at radius 1 is 0.159 bits per heavy atom. The summed E-state index contributed by atoms with van der Waals surface area (Å²) >= 11 is 0. The van der Waals surface area contributed by atoms with Crippen LogP contribution in [0.15, 0.2) is 0 Å². The summed E-state index contributed by atoms with van der Waals surface area (Å²) in [6.07, 6.45) is 0. The van der Waals surface area contributed by atoms with Gasteiger partial charge in [-0.3, -0.25) is 67.3 Å². The molecule has 44 heavy (non-hydrogen) atoms. The van der Waals surface area contributed by atoms with Crippen LogP contribution in [0, 0.1) is 0 Å². The summed E-state index contributed by atoms with van der Waals surface area (Å²) in [6.45, 7) is 0. The maximum atomic E-state index is 8.52. The molecule has 0 aliphatic carbocycles. The predicted octanol–water partition coefficient (Wildman–Crippen LogP) is -10.7. The molecule has 0 fully saturated rings. The Hall–Kier alpha value is 1.71. The van der Waals surface area contributed by atoms with E-state index in [1.54, 1.807) is 0 Å². The zero-order chi connectivity index (χ0) is 36.0. The summed E-state index contributed by atoms with van der Waals surface area (Å²) in [5.41, 5.74) is 0. The molecule has 44 heteroatoms. The molecule has 0 bridgehead atoms. The van der Waals surface area contributed by atoms with Crippen LogP contribution < -0.4 is 0 Å². The predicted molar refractivity (Wildman–Crippen MR) is 83.8 cm³/mol. The molecule has 0 N–H and O–H groups in total. The average molecular weight is 1150 g/mol. The Morgan fingerprint density at radius 3 is 0.159 bits per heavy atom. The zero-order valence-corrected chi connectivity index (χ0v) is 32.5. The van der Waals surface area contributed by atoms with Gasteiger partial charge in [0.25, 0.3) is 0 Å². The van der Waals surface area contributed by atoms with Crippen LogP contribution in [-0.4, -0.2) is 140 Å². The van der Waals surface area contributed by atoms with Crippen LogP contribution in [0.1, 0.15) is 0 Å². The Bertz CT molecular complexity index is 1070. The van der Waals surface area contributed by atoms with Gasteiger partial charge < -0.3 is 72.8 Å². The monoisotopic (exact) mass is 1160 g/mol. The van der Waals surface area contributed by atoms with Gasteiger partial charge in [0.2, 0.25) is 0 Å². The molecule has 32 nitrogen and oxygen atoms in total. The molecule has 0 amide bonds. The van der Waals surface area contributed by atoms with E-state index in [4.69, 9.17) is 140 Å². The van der Waals surface area contributed by atoms with Gasteiger partial charge in [0.1, 0.15) is 0 Å². The largest absolute Gasteiger partial charge is 4.00 e. The fourth-order valence-corrected chi connectivity index (χ4v) is 0. The summed E-state index contributed by atoms with van der Waals surface area (Å²) in [5.74, 6) is 0. The minimum absolute atomic E-state index is 0. The first-order valence-corrected chi connectivity index (χ1v) is 16.0. The molecule has 0 aromatic heterocycles. The van der Waals surface area contributed by atoms with Crippen LogP contribution in [0.4, 0.5) is 0 Å². The zero-order valence-electron chi connectivity index (χ0n) is 18.0. The van der Waals surface area contributed by atoms with Crippen molar-refractivity contribution in [2.75, 3.05) is 0 Å². The SMILES string of the molecule is O=S(=O)([O-])[O-].O=S(=O)([O-])[O-].O=S(=O)([O-])[O-].O=S(=O)([O-])[O-].O=S(=O)([O-])[O-].O=S(=O)([O-])[O-].O=S(=O)([O-])[O-].O=S(=O)([O-])[O-].[Mo+4].[Mo+4].[Mo+4].[Mo+4]. The van der Waals surface area contributed by atoms with Crippen molar-refractivity contribution in [2.24, 2.45) is 0 Å². The van der Waals surface area contributed by atoms with Gasteiger partial charge in [-0.1, -0.05) is 0 Å². The third-order valence-electron chi connectivity index (χ3n) is 0.